The van der Waals surface area contributed by atoms with Crippen LogP contribution in [0.5, 0.6) is 0 Å². The molecule has 0 bridgehead atoms. The number of thiocarbonyl (C=S) groups is 1. The van der Waals surface area contributed by atoms with E-state index >= 15 is 0 Å². The SMILES string of the molecule is NC(=S)C1(C(=O)NCCCn2cccn2)CC1. The molecule has 6 heteroatoms. The molecule has 2 rings (SSSR count). The van der Waals surface area contributed by atoms with Crippen LogP contribution in [-0.4, -0.2) is 27.2 Å². The van der Waals surface area contributed by atoms with E-state index in [0.29, 0.717) is 11.5 Å². The van der Waals surface area contributed by atoms with Crippen LogP contribution >= 0.6 is 12.2 Å². The maximum atomic E-state index is 11.8. The van der Waals surface area contributed by atoms with Crippen LogP contribution in [0.3, 0.4) is 0 Å². The summed E-state index contributed by atoms with van der Waals surface area (Å²) in [6, 6.07) is 1.88. The average molecular weight is 252 g/mol. The van der Waals surface area contributed by atoms with Crippen molar-refractivity contribution in [3.8, 4) is 0 Å². The zero-order chi connectivity index (χ0) is 12.3. The molecule has 1 aromatic rings. The Balaban J connectivity index is 1.69. The molecule has 1 heterocycles. The van der Waals surface area contributed by atoms with Crippen molar-refractivity contribution in [1.29, 1.82) is 0 Å². The topological polar surface area (TPSA) is 72.9 Å². The standard InChI is InChI=1S/C11H16N4OS/c12-9(17)11(3-4-11)10(16)13-5-1-7-15-8-2-6-14-15/h2,6,8H,1,3-5,7H2,(H2,12,17)(H,13,16). The summed E-state index contributed by atoms with van der Waals surface area (Å²) in [7, 11) is 0. The molecule has 92 valence electrons. The average Bonchev–Trinajstić information content (AvgIpc) is 2.97. The zero-order valence-electron chi connectivity index (χ0n) is 9.56. The van der Waals surface area contributed by atoms with Gasteiger partial charge in [0.05, 0.1) is 10.4 Å². The number of aromatic nitrogens is 2. The Hall–Kier alpha value is -1.43. The fourth-order valence-corrected chi connectivity index (χ4v) is 2.05. The molecule has 0 spiro atoms. The van der Waals surface area contributed by atoms with Gasteiger partial charge in [0.1, 0.15) is 0 Å². The summed E-state index contributed by atoms with van der Waals surface area (Å²) in [5, 5.41) is 6.97. The number of carbonyl (C=O) groups is 1. The smallest absolute Gasteiger partial charge is 0.233 e. The van der Waals surface area contributed by atoms with E-state index in [-0.39, 0.29) is 5.91 Å². The molecule has 1 amide bonds. The largest absolute Gasteiger partial charge is 0.392 e. The first-order valence-electron chi connectivity index (χ1n) is 5.71. The Morgan fingerprint density at radius 1 is 1.59 bits per heavy atom. The summed E-state index contributed by atoms with van der Waals surface area (Å²) >= 11 is 4.92. The van der Waals surface area contributed by atoms with Crippen LogP contribution in [0.1, 0.15) is 19.3 Å². The molecule has 1 aromatic heterocycles. The van der Waals surface area contributed by atoms with E-state index in [2.05, 4.69) is 10.4 Å². The van der Waals surface area contributed by atoms with Gasteiger partial charge in [0.2, 0.25) is 5.91 Å². The highest BCUT2D eigenvalue weighted by Crippen LogP contribution is 2.46. The lowest BCUT2D eigenvalue weighted by Crippen LogP contribution is -2.40. The lowest BCUT2D eigenvalue weighted by atomic mass is 10.1. The van der Waals surface area contributed by atoms with E-state index in [0.717, 1.165) is 25.8 Å². The molecule has 0 unspecified atom stereocenters. The van der Waals surface area contributed by atoms with Crippen molar-refractivity contribution in [3.05, 3.63) is 18.5 Å². The maximum Gasteiger partial charge on any atom is 0.233 e. The van der Waals surface area contributed by atoms with Gasteiger partial charge in [-0.25, -0.2) is 0 Å². The minimum absolute atomic E-state index is 0.0227. The van der Waals surface area contributed by atoms with Crippen molar-refractivity contribution in [1.82, 2.24) is 15.1 Å². The first-order chi connectivity index (χ1) is 8.15. The Morgan fingerprint density at radius 2 is 2.35 bits per heavy atom. The molecule has 1 fully saturated rings. The minimum Gasteiger partial charge on any atom is -0.392 e. The van der Waals surface area contributed by atoms with Crippen molar-refractivity contribution in [2.45, 2.75) is 25.8 Å². The number of nitrogens with zero attached hydrogens (tertiary/aromatic N) is 2. The van der Waals surface area contributed by atoms with Crippen molar-refractivity contribution in [2.75, 3.05) is 6.54 Å². The highest BCUT2D eigenvalue weighted by Gasteiger charge is 2.52. The van der Waals surface area contributed by atoms with Gasteiger partial charge in [-0.3, -0.25) is 9.48 Å². The van der Waals surface area contributed by atoms with Crippen LogP contribution < -0.4 is 11.1 Å². The second-order valence-electron chi connectivity index (χ2n) is 4.32. The van der Waals surface area contributed by atoms with Gasteiger partial charge in [-0.15, -0.1) is 0 Å². The van der Waals surface area contributed by atoms with E-state index in [1.165, 1.54) is 0 Å². The molecule has 0 atom stereocenters. The number of hydrogen-bond acceptors (Lipinski definition) is 3. The molecule has 0 radical (unpaired) electrons. The number of rotatable bonds is 6. The lowest BCUT2D eigenvalue weighted by molar-refractivity contribution is -0.124. The molecule has 0 aliphatic heterocycles. The third-order valence-corrected chi connectivity index (χ3v) is 3.46. The van der Waals surface area contributed by atoms with Gasteiger partial charge >= 0.3 is 0 Å². The molecule has 5 nitrogen and oxygen atoms in total. The molecule has 0 saturated heterocycles. The fourth-order valence-electron chi connectivity index (χ4n) is 1.76. The monoisotopic (exact) mass is 252 g/mol. The first-order valence-corrected chi connectivity index (χ1v) is 6.12. The van der Waals surface area contributed by atoms with Crippen LogP contribution in [0.15, 0.2) is 18.5 Å². The molecule has 1 aliphatic rings. The van der Waals surface area contributed by atoms with Crippen molar-refractivity contribution >= 4 is 23.1 Å². The highest BCUT2D eigenvalue weighted by molar-refractivity contribution is 7.80. The predicted molar refractivity (Wildman–Crippen MR) is 68.3 cm³/mol. The number of aryl methyl sites for hydroxylation is 1. The number of nitrogens with one attached hydrogen (secondary N) is 1. The van der Waals surface area contributed by atoms with Crippen molar-refractivity contribution in [2.24, 2.45) is 11.1 Å². The molecule has 0 aromatic carbocycles. The van der Waals surface area contributed by atoms with Crippen molar-refractivity contribution < 1.29 is 4.79 Å². The summed E-state index contributed by atoms with van der Waals surface area (Å²) in [6.45, 7) is 1.43. The highest BCUT2D eigenvalue weighted by atomic mass is 32.1. The van der Waals surface area contributed by atoms with Gasteiger partial charge in [-0.2, -0.15) is 5.10 Å². The van der Waals surface area contributed by atoms with E-state index in [1.54, 1.807) is 6.20 Å². The zero-order valence-corrected chi connectivity index (χ0v) is 10.4. The fraction of sp³-hybridized carbons (Fsp3) is 0.545. The Morgan fingerprint density at radius 3 is 2.88 bits per heavy atom. The van der Waals surface area contributed by atoms with E-state index in [1.807, 2.05) is 16.9 Å². The van der Waals surface area contributed by atoms with Gasteiger partial charge in [-0.05, 0) is 25.3 Å². The number of nitrogens with two attached hydrogens (primary N) is 1. The van der Waals surface area contributed by atoms with E-state index in [4.69, 9.17) is 18.0 Å². The summed E-state index contributed by atoms with van der Waals surface area (Å²) in [5.74, 6) is -0.0227. The number of amides is 1. The van der Waals surface area contributed by atoms with Crippen LogP contribution in [0.25, 0.3) is 0 Å². The summed E-state index contributed by atoms with van der Waals surface area (Å²) in [5.41, 5.74) is 5.03. The minimum atomic E-state index is -0.541. The van der Waals surface area contributed by atoms with Crippen LogP contribution in [0.2, 0.25) is 0 Å². The van der Waals surface area contributed by atoms with Crippen LogP contribution in [0, 0.1) is 5.41 Å². The quantitative estimate of drug-likeness (QED) is 0.570. The Bertz CT molecular complexity index is 411. The first kappa shape index (κ1) is 12.0. The van der Waals surface area contributed by atoms with Crippen LogP contribution in [0.4, 0.5) is 0 Å². The van der Waals surface area contributed by atoms with Gasteiger partial charge in [-0.1, -0.05) is 12.2 Å². The van der Waals surface area contributed by atoms with E-state index < -0.39 is 5.41 Å². The third kappa shape index (κ3) is 2.63. The number of carbonyl (C=O) groups excluding carboxylic acids is 1. The molecular weight excluding hydrogens is 236 g/mol. The molecule has 3 N–H and O–H groups in total. The summed E-state index contributed by atoms with van der Waals surface area (Å²) in [4.78, 5) is 12.2. The molecule has 17 heavy (non-hydrogen) atoms. The number of hydrogen-bond donors (Lipinski definition) is 2. The molecular formula is C11H16N4OS. The van der Waals surface area contributed by atoms with Crippen molar-refractivity contribution in [3.63, 3.8) is 0 Å². The van der Waals surface area contributed by atoms with Crippen LogP contribution in [-0.2, 0) is 11.3 Å². The maximum absolute atomic E-state index is 11.8. The van der Waals surface area contributed by atoms with Gasteiger partial charge in [0.15, 0.2) is 0 Å². The summed E-state index contributed by atoms with van der Waals surface area (Å²) < 4.78 is 1.84. The second-order valence-corrected chi connectivity index (χ2v) is 4.76. The normalized spacial score (nSPS) is 16.5. The Labute approximate surface area is 105 Å². The predicted octanol–water partition coefficient (Wildman–Crippen LogP) is 0.456. The van der Waals surface area contributed by atoms with E-state index in [9.17, 15) is 4.79 Å². The Kier molecular flexibility index (Phi) is 3.42. The molecule has 1 saturated carbocycles. The second kappa shape index (κ2) is 4.83. The van der Waals surface area contributed by atoms with Gasteiger partial charge in [0.25, 0.3) is 0 Å². The molecule has 1 aliphatic carbocycles. The van der Waals surface area contributed by atoms with Gasteiger partial charge in [0, 0.05) is 25.5 Å². The summed E-state index contributed by atoms with van der Waals surface area (Å²) in [6.07, 6.45) is 6.06. The van der Waals surface area contributed by atoms with Gasteiger partial charge < -0.3 is 11.1 Å². The third-order valence-electron chi connectivity index (χ3n) is 3.07. The lowest BCUT2D eigenvalue weighted by Gasteiger charge is -2.13.